The van der Waals surface area contributed by atoms with E-state index in [0.717, 1.165) is 0 Å². The SMILES string of the molecule is COc1cc2c(c(F)c1OCCCOc1c(O)cc3c(c1F)CN(C(=O)CC(C)C(=O)O)C3)CN(C(=O)CC(C)C(=O)O)C2. The number of carboxylic acid groups (broad SMARTS) is 2. The van der Waals surface area contributed by atoms with Crippen LogP contribution in [-0.2, 0) is 45.4 Å². The van der Waals surface area contributed by atoms with Crippen LogP contribution >= 0.6 is 0 Å². The first-order valence-electron chi connectivity index (χ1n) is 14.0. The van der Waals surface area contributed by atoms with Crippen LogP contribution in [0.1, 0.15) is 55.4 Å². The molecule has 4 rings (SSSR count). The molecule has 0 aliphatic carbocycles. The van der Waals surface area contributed by atoms with E-state index in [-0.39, 0.29) is 81.3 Å². The van der Waals surface area contributed by atoms with Crippen molar-refractivity contribution in [2.24, 2.45) is 11.8 Å². The molecule has 2 unspecified atom stereocenters. The summed E-state index contributed by atoms with van der Waals surface area (Å²) in [6.07, 6.45) is -0.294. The molecule has 2 aromatic rings. The average molecular weight is 621 g/mol. The van der Waals surface area contributed by atoms with Gasteiger partial charge in [-0.05, 0) is 23.3 Å². The van der Waals surface area contributed by atoms with Crippen LogP contribution in [-0.4, -0.2) is 69.2 Å². The van der Waals surface area contributed by atoms with Crippen LogP contribution < -0.4 is 14.2 Å². The quantitative estimate of drug-likeness (QED) is 0.283. The van der Waals surface area contributed by atoms with Crippen LogP contribution in [0.4, 0.5) is 8.78 Å². The van der Waals surface area contributed by atoms with Gasteiger partial charge < -0.3 is 39.3 Å². The van der Waals surface area contributed by atoms with E-state index in [1.807, 2.05) is 0 Å². The van der Waals surface area contributed by atoms with Crippen LogP contribution in [0.5, 0.6) is 23.0 Å². The van der Waals surface area contributed by atoms with Gasteiger partial charge in [-0.3, -0.25) is 19.2 Å². The second-order valence-corrected chi connectivity index (χ2v) is 11.0. The number of ether oxygens (including phenoxy) is 3. The van der Waals surface area contributed by atoms with Crippen LogP contribution in [0, 0.1) is 23.5 Å². The number of aliphatic carboxylic acids is 2. The molecular formula is C30H34F2N2O10. The highest BCUT2D eigenvalue weighted by Gasteiger charge is 2.33. The van der Waals surface area contributed by atoms with Gasteiger partial charge in [0.15, 0.2) is 34.6 Å². The van der Waals surface area contributed by atoms with Crippen molar-refractivity contribution in [1.29, 1.82) is 0 Å². The van der Waals surface area contributed by atoms with Gasteiger partial charge in [-0.25, -0.2) is 8.78 Å². The molecule has 0 aromatic heterocycles. The molecule has 2 aliphatic rings. The number of hydrogen-bond acceptors (Lipinski definition) is 8. The maximum Gasteiger partial charge on any atom is 0.306 e. The van der Waals surface area contributed by atoms with Gasteiger partial charge in [0.2, 0.25) is 11.8 Å². The van der Waals surface area contributed by atoms with Gasteiger partial charge in [0, 0.05) is 56.6 Å². The molecule has 2 heterocycles. The molecule has 0 radical (unpaired) electrons. The number of hydrogen-bond donors (Lipinski definition) is 3. The van der Waals surface area contributed by atoms with Crippen LogP contribution in [0.2, 0.25) is 0 Å². The highest BCUT2D eigenvalue weighted by Crippen LogP contribution is 2.40. The van der Waals surface area contributed by atoms with Crippen LogP contribution in [0.3, 0.4) is 0 Å². The molecule has 2 aliphatic heterocycles. The Kier molecular flexibility index (Phi) is 9.80. The van der Waals surface area contributed by atoms with E-state index in [9.17, 15) is 24.3 Å². The topological polar surface area (TPSA) is 163 Å². The van der Waals surface area contributed by atoms with E-state index in [1.165, 1.54) is 36.8 Å². The van der Waals surface area contributed by atoms with Crippen molar-refractivity contribution in [2.45, 2.75) is 59.3 Å². The highest BCUT2D eigenvalue weighted by molar-refractivity contribution is 5.83. The predicted molar refractivity (Wildman–Crippen MR) is 148 cm³/mol. The largest absolute Gasteiger partial charge is 0.504 e. The second-order valence-electron chi connectivity index (χ2n) is 11.0. The second kappa shape index (κ2) is 13.3. The number of halogens is 2. The first kappa shape index (κ1) is 32.3. The van der Waals surface area contributed by atoms with Crippen molar-refractivity contribution in [3.63, 3.8) is 0 Å². The first-order chi connectivity index (χ1) is 20.8. The van der Waals surface area contributed by atoms with Gasteiger partial charge in [-0.15, -0.1) is 0 Å². The fourth-order valence-electron chi connectivity index (χ4n) is 5.07. The summed E-state index contributed by atoms with van der Waals surface area (Å²) in [6.45, 7) is 2.64. The van der Waals surface area contributed by atoms with Gasteiger partial charge in [0.05, 0.1) is 32.2 Å². The predicted octanol–water partition coefficient (Wildman–Crippen LogP) is 3.43. The molecule has 0 fully saturated rings. The minimum Gasteiger partial charge on any atom is -0.504 e. The number of nitrogens with zero attached hydrogens (tertiary/aromatic N) is 2. The summed E-state index contributed by atoms with van der Waals surface area (Å²) in [5.41, 5.74) is 1.32. The van der Waals surface area contributed by atoms with E-state index in [0.29, 0.717) is 11.1 Å². The summed E-state index contributed by atoms with van der Waals surface area (Å²) in [6, 6.07) is 2.87. The molecule has 2 aromatic carbocycles. The lowest BCUT2D eigenvalue weighted by Crippen LogP contribution is -2.28. The van der Waals surface area contributed by atoms with E-state index < -0.39 is 58.7 Å². The van der Waals surface area contributed by atoms with Crippen molar-refractivity contribution in [3.05, 3.63) is 46.0 Å². The van der Waals surface area contributed by atoms with Crippen molar-refractivity contribution in [2.75, 3.05) is 20.3 Å². The van der Waals surface area contributed by atoms with Gasteiger partial charge in [0.25, 0.3) is 0 Å². The molecule has 0 spiro atoms. The standard InChI is InChI=1S/C30H34F2N2O10/c1-15(29(38)39)7-23(36)33-11-17-9-21(35)27(25(31)19(17)13-33)43-5-4-6-44-28-22(42-3)10-18-12-34(14-20(18)26(28)32)24(37)8-16(2)30(40)41/h9-10,15-16,35H,4-8,11-14H2,1-3H3,(H,38,39)(H,40,41). The minimum absolute atomic E-state index is 0.0284. The Labute approximate surface area is 251 Å². The van der Waals surface area contributed by atoms with Crippen molar-refractivity contribution in [3.8, 4) is 23.0 Å². The van der Waals surface area contributed by atoms with E-state index in [1.54, 1.807) is 6.07 Å². The zero-order valence-corrected chi connectivity index (χ0v) is 24.5. The third kappa shape index (κ3) is 6.79. The average Bonchev–Trinajstić information content (AvgIpc) is 3.60. The Hall–Kier alpha value is -4.62. The third-order valence-corrected chi connectivity index (χ3v) is 7.71. The summed E-state index contributed by atoms with van der Waals surface area (Å²) < 4.78 is 47.1. The molecule has 0 saturated heterocycles. The van der Waals surface area contributed by atoms with Gasteiger partial charge in [0.1, 0.15) is 0 Å². The number of amides is 2. The van der Waals surface area contributed by atoms with Gasteiger partial charge in [-0.1, -0.05) is 13.8 Å². The Balaban J connectivity index is 1.34. The number of benzene rings is 2. The lowest BCUT2D eigenvalue weighted by Gasteiger charge is -2.16. The Bertz CT molecular complexity index is 1480. The van der Waals surface area contributed by atoms with Crippen molar-refractivity contribution < 1.29 is 57.5 Å². The highest BCUT2D eigenvalue weighted by atomic mass is 19.1. The summed E-state index contributed by atoms with van der Waals surface area (Å²) in [7, 11) is 1.34. The number of carbonyl (C=O) groups excluding carboxylic acids is 2. The summed E-state index contributed by atoms with van der Waals surface area (Å²) in [5.74, 6) is -7.31. The number of carboxylic acids is 2. The van der Waals surface area contributed by atoms with E-state index in [2.05, 4.69) is 0 Å². The molecule has 3 N–H and O–H groups in total. The fraction of sp³-hybridized carbons (Fsp3) is 0.467. The minimum atomic E-state index is -1.11. The smallest absolute Gasteiger partial charge is 0.306 e. The molecule has 238 valence electrons. The molecule has 44 heavy (non-hydrogen) atoms. The van der Waals surface area contributed by atoms with Gasteiger partial charge in [-0.2, -0.15) is 0 Å². The van der Waals surface area contributed by atoms with Crippen molar-refractivity contribution in [1.82, 2.24) is 9.80 Å². The lowest BCUT2D eigenvalue weighted by atomic mass is 10.1. The normalized spacial score (nSPS) is 14.9. The fourth-order valence-corrected chi connectivity index (χ4v) is 5.07. The summed E-state index contributed by atoms with van der Waals surface area (Å²) in [4.78, 5) is 49.9. The maximum atomic E-state index is 15.4. The summed E-state index contributed by atoms with van der Waals surface area (Å²) in [5, 5.41) is 28.5. The van der Waals surface area contributed by atoms with Crippen molar-refractivity contribution >= 4 is 23.8 Å². The Morgan fingerprint density at radius 2 is 1.25 bits per heavy atom. The molecule has 0 bridgehead atoms. The number of fused-ring (bicyclic) bond motifs is 2. The molecular weight excluding hydrogens is 586 g/mol. The number of rotatable bonds is 13. The van der Waals surface area contributed by atoms with E-state index >= 15 is 8.78 Å². The number of aromatic hydroxyl groups is 1. The monoisotopic (exact) mass is 620 g/mol. The number of phenols is 1. The Morgan fingerprint density at radius 1 is 0.795 bits per heavy atom. The van der Waals surface area contributed by atoms with Crippen LogP contribution in [0.15, 0.2) is 12.1 Å². The Morgan fingerprint density at radius 3 is 1.73 bits per heavy atom. The number of phenolic OH excluding ortho intramolecular Hbond substituents is 1. The molecule has 14 heteroatoms. The first-order valence-corrected chi connectivity index (χ1v) is 14.0. The number of methoxy groups -OCH3 is 1. The number of carbonyl (C=O) groups is 4. The molecule has 0 saturated carbocycles. The van der Waals surface area contributed by atoms with Crippen LogP contribution in [0.25, 0.3) is 0 Å². The zero-order chi connectivity index (χ0) is 32.3. The summed E-state index contributed by atoms with van der Waals surface area (Å²) >= 11 is 0. The molecule has 2 amide bonds. The molecule has 2 atom stereocenters. The molecule has 12 nitrogen and oxygen atoms in total. The lowest BCUT2D eigenvalue weighted by molar-refractivity contribution is -0.145. The van der Waals surface area contributed by atoms with E-state index in [4.69, 9.17) is 24.4 Å². The zero-order valence-electron chi connectivity index (χ0n) is 24.5. The van der Waals surface area contributed by atoms with Gasteiger partial charge >= 0.3 is 11.9 Å². The maximum absolute atomic E-state index is 15.4. The third-order valence-electron chi connectivity index (χ3n) is 7.71.